The van der Waals surface area contributed by atoms with Crippen molar-refractivity contribution in [2.24, 2.45) is 5.92 Å². The molecule has 0 spiro atoms. The van der Waals surface area contributed by atoms with Crippen LogP contribution in [0.4, 0.5) is 5.82 Å². The Bertz CT molecular complexity index is 1110. The van der Waals surface area contributed by atoms with Gasteiger partial charge in [0.25, 0.3) is 0 Å². The van der Waals surface area contributed by atoms with E-state index in [4.69, 9.17) is 14.6 Å². The summed E-state index contributed by atoms with van der Waals surface area (Å²) in [5.74, 6) is 1.86. The van der Waals surface area contributed by atoms with Crippen molar-refractivity contribution in [2.45, 2.75) is 45.6 Å². The zero-order valence-corrected chi connectivity index (χ0v) is 18.6. The Hall–Kier alpha value is -3.29. The molecular weight excluding hydrogens is 404 g/mol. The van der Waals surface area contributed by atoms with Gasteiger partial charge in [-0.2, -0.15) is 0 Å². The molecule has 1 aromatic carbocycles. The van der Waals surface area contributed by atoms with Gasteiger partial charge in [-0.15, -0.1) is 0 Å². The van der Waals surface area contributed by atoms with Crippen molar-refractivity contribution in [1.82, 2.24) is 25.2 Å². The Morgan fingerprint density at radius 2 is 2.00 bits per heavy atom. The number of fused-ring (bicyclic) bond motifs is 1. The maximum atomic E-state index is 13.2. The number of aryl methyl sites for hydroxylation is 2. The number of benzene rings is 1. The van der Waals surface area contributed by atoms with Crippen LogP contribution < -0.4 is 4.90 Å². The molecule has 1 unspecified atom stereocenters. The lowest BCUT2D eigenvalue weighted by Gasteiger charge is -2.35. The van der Waals surface area contributed by atoms with Crippen LogP contribution in [0.15, 0.2) is 35.0 Å². The molecule has 1 aliphatic heterocycles. The lowest BCUT2D eigenvalue weighted by Crippen LogP contribution is -2.44. The summed E-state index contributed by atoms with van der Waals surface area (Å²) in [5, 5.41) is 7.73. The van der Waals surface area contributed by atoms with Crippen molar-refractivity contribution in [1.29, 1.82) is 0 Å². The molecule has 8 heteroatoms. The van der Waals surface area contributed by atoms with Crippen LogP contribution in [0.2, 0.25) is 0 Å². The summed E-state index contributed by atoms with van der Waals surface area (Å²) in [6, 6.07) is 10.1. The summed E-state index contributed by atoms with van der Waals surface area (Å²) >= 11 is 0. The second-order valence-electron chi connectivity index (χ2n) is 8.79. The first-order valence-electron chi connectivity index (χ1n) is 11.3. The summed E-state index contributed by atoms with van der Waals surface area (Å²) in [7, 11) is 1.82. The number of hydrogen-bond acceptors (Lipinski definition) is 7. The van der Waals surface area contributed by atoms with Crippen LogP contribution in [0.25, 0.3) is 11.4 Å². The lowest BCUT2D eigenvalue weighted by molar-refractivity contribution is -0.135. The van der Waals surface area contributed by atoms with Crippen LogP contribution in [0, 0.1) is 12.8 Å². The standard InChI is InChI=1S/C24H28N6O2/c1-16-21(28-32-27-16)15-29(2)24(31)18-10-7-13-30(14-18)23-19-11-6-12-20(19)25-22(26-23)17-8-4-3-5-9-17/h3-5,8-9,18H,6-7,10-15H2,1-2H3. The Morgan fingerprint density at radius 1 is 1.16 bits per heavy atom. The number of nitrogens with zero attached hydrogens (tertiary/aromatic N) is 6. The molecule has 1 atom stereocenters. The van der Waals surface area contributed by atoms with E-state index in [1.54, 1.807) is 4.90 Å². The lowest BCUT2D eigenvalue weighted by atomic mass is 9.96. The third-order valence-electron chi connectivity index (χ3n) is 6.52. The van der Waals surface area contributed by atoms with Crippen molar-refractivity contribution in [3.05, 3.63) is 53.0 Å². The van der Waals surface area contributed by atoms with Gasteiger partial charge in [0.2, 0.25) is 5.91 Å². The van der Waals surface area contributed by atoms with Crippen LogP contribution in [0.1, 0.15) is 41.9 Å². The zero-order valence-electron chi connectivity index (χ0n) is 18.6. The van der Waals surface area contributed by atoms with Crippen molar-refractivity contribution in [3.8, 4) is 11.4 Å². The Labute approximate surface area is 187 Å². The molecule has 1 fully saturated rings. The molecule has 1 saturated heterocycles. The average molecular weight is 433 g/mol. The van der Waals surface area contributed by atoms with Gasteiger partial charge in [-0.05, 0) is 39.0 Å². The average Bonchev–Trinajstić information content (AvgIpc) is 3.47. The van der Waals surface area contributed by atoms with E-state index < -0.39 is 0 Å². The van der Waals surface area contributed by atoms with Gasteiger partial charge in [0.1, 0.15) is 17.2 Å². The van der Waals surface area contributed by atoms with Crippen molar-refractivity contribution < 1.29 is 9.42 Å². The Kier molecular flexibility index (Phi) is 5.59. The smallest absolute Gasteiger partial charge is 0.227 e. The maximum Gasteiger partial charge on any atom is 0.227 e. The van der Waals surface area contributed by atoms with Gasteiger partial charge in [-0.3, -0.25) is 4.79 Å². The molecule has 8 nitrogen and oxygen atoms in total. The normalized spacial score (nSPS) is 17.9. The summed E-state index contributed by atoms with van der Waals surface area (Å²) in [5.41, 5.74) is 4.88. The van der Waals surface area contributed by atoms with Crippen LogP contribution in [-0.2, 0) is 24.2 Å². The van der Waals surface area contributed by atoms with Crippen molar-refractivity contribution in [3.63, 3.8) is 0 Å². The first kappa shape index (κ1) is 20.6. The van der Waals surface area contributed by atoms with Gasteiger partial charge in [0, 0.05) is 37.0 Å². The largest absolute Gasteiger partial charge is 0.355 e. The van der Waals surface area contributed by atoms with E-state index >= 15 is 0 Å². The highest BCUT2D eigenvalue weighted by Crippen LogP contribution is 2.33. The van der Waals surface area contributed by atoms with Gasteiger partial charge < -0.3 is 9.80 Å². The number of piperidine rings is 1. The number of aromatic nitrogens is 4. The number of hydrogen-bond donors (Lipinski definition) is 0. The minimum absolute atomic E-state index is 0.0684. The zero-order chi connectivity index (χ0) is 22.1. The van der Waals surface area contributed by atoms with Gasteiger partial charge in [-0.1, -0.05) is 40.6 Å². The van der Waals surface area contributed by atoms with E-state index in [0.29, 0.717) is 18.8 Å². The number of carbonyl (C=O) groups is 1. The minimum atomic E-state index is -0.0684. The quantitative estimate of drug-likeness (QED) is 0.612. The third kappa shape index (κ3) is 3.97. The summed E-state index contributed by atoms with van der Waals surface area (Å²) in [4.78, 5) is 27.2. The number of rotatable bonds is 5. The fraction of sp³-hybridized carbons (Fsp3) is 0.458. The molecule has 5 rings (SSSR count). The molecule has 1 amide bonds. The van der Waals surface area contributed by atoms with Crippen LogP contribution in [0.5, 0.6) is 0 Å². The molecule has 166 valence electrons. The number of anilines is 1. The minimum Gasteiger partial charge on any atom is -0.355 e. The molecular formula is C24H28N6O2. The topological polar surface area (TPSA) is 88.3 Å². The molecule has 3 aromatic rings. The first-order valence-corrected chi connectivity index (χ1v) is 11.3. The number of carbonyl (C=O) groups excluding carboxylic acids is 1. The van der Waals surface area contributed by atoms with Crippen molar-refractivity contribution >= 4 is 11.7 Å². The highest BCUT2D eigenvalue weighted by atomic mass is 16.6. The first-order chi connectivity index (χ1) is 15.6. The summed E-state index contributed by atoms with van der Waals surface area (Å²) in [6.45, 7) is 3.84. The second-order valence-corrected chi connectivity index (χ2v) is 8.79. The molecule has 2 aliphatic rings. The fourth-order valence-electron chi connectivity index (χ4n) is 4.77. The third-order valence-corrected chi connectivity index (χ3v) is 6.52. The predicted molar refractivity (Wildman–Crippen MR) is 120 cm³/mol. The van der Waals surface area contributed by atoms with Gasteiger partial charge in [-0.25, -0.2) is 14.6 Å². The van der Waals surface area contributed by atoms with E-state index in [1.807, 2.05) is 32.2 Å². The molecule has 0 N–H and O–H groups in total. The van der Waals surface area contributed by atoms with Crippen LogP contribution in [0.3, 0.4) is 0 Å². The van der Waals surface area contributed by atoms with E-state index in [9.17, 15) is 4.79 Å². The van der Waals surface area contributed by atoms with Gasteiger partial charge >= 0.3 is 0 Å². The highest BCUT2D eigenvalue weighted by Gasteiger charge is 2.32. The molecule has 0 radical (unpaired) electrons. The molecule has 0 saturated carbocycles. The van der Waals surface area contributed by atoms with Crippen molar-refractivity contribution in [2.75, 3.05) is 25.0 Å². The van der Waals surface area contributed by atoms with E-state index in [0.717, 1.165) is 67.2 Å². The number of amides is 1. The molecule has 2 aromatic heterocycles. The predicted octanol–water partition coefficient (Wildman–Crippen LogP) is 3.20. The van der Waals surface area contributed by atoms with E-state index in [-0.39, 0.29) is 11.8 Å². The fourth-order valence-corrected chi connectivity index (χ4v) is 4.77. The SMILES string of the molecule is Cc1nonc1CN(C)C(=O)C1CCCN(c2nc(-c3ccccc3)nc3c2CCC3)C1. The van der Waals surface area contributed by atoms with Gasteiger partial charge in [0.05, 0.1) is 12.5 Å². The molecule has 3 heterocycles. The summed E-state index contributed by atoms with van der Waals surface area (Å²) in [6.07, 6.45) is 4.96. The Balaban J connectivity index is 1.38. The second kappa shape index (κ2) is 8.68. The molecule has 32 heavy (non-hydrogen) atoms. The van der Waals surface area contributed by atoms with Gasteiger partial charge in [0.15, 0.2) is 5.82 Å². The highest BCUT2D eigenvalue weighted by molar-refractivity contribution is 5.79. The van der Waals surface area contributed by atoms with Crippen LogP contribution in [-0.4, -0.2) is 51.2 Å². The molecule has 0 bridgehead atoms. The van der Waals surface area contributed by atoms with E-state index in [2.05, 4.69) is 27.3 Å². The van der Waals surface area contributed by atoms with Crippen LogP contribution >= 0.6 is 0 Å². The molecule has 1 aliphatic carbocycles. The summed E-state index contributed by atoms with van der Waals surface area (Å²) < 4.78 is 4.78. The monoisotopic (exact) mass is 432 g/mol. The maximum absolute atomic E-state index is 13.2. The Morgan fingerprint density at radius 3 is 2.78 bits per heavy atom. The van der Waals surface area contributed by atoms with E-state index in [1.165, 1.54) is 5.56 Å².